The summed E-state index contributed by atoms with van der Waals surface area (Å²) in [5.41, 5.74) is 0. The summed E-state index contributed by atoms with van der Waals surface area (Å²) in [6.45, 7) is 6.01. The van der Waals surface area contributed by atoms with Crippen LogP contribution in [0, 0.1) is 0 Å². The minimum absolute atomic E-state index is 0.835. The maximum Gasteiger partial charge on any atom is 0.0105 e. The third-order valence-electron chi connectivity index (χ3n) is 3.53. The number of unbranched alkanes of at least 4 members (excludes halogenated alkanes) is 3. The van der Waals surface area contributed by atoms with E-state index in [0.717, 1.165) is 6.04 Å². The molecule has 2 heteroatoms. The van der Waals surface area contributed by atoms with Crippen LogP contribution < -0.4 is 5.32 Å². The Bertz CT molecular complexity index is 139. The summed E-state index contributed by atoms with van der Waals surface area (Å²) in [7, 11) is 2.31. The first-order valence-electron chi connectivity index (χ1n) is 6.75. The van der Waals surface area contributed by atoms with Gasteiger partial charge < -0.3 is 10.2 Å². The topological polar surface area (TPSA) is 15.3 Å². The maximum absolute atomic E-state index is 3.48. The van der Waals surface area contributed by atoms with Crippen LogP contribution in [0.2, 0.25) is 0 Å². The van der Waals surface area contributed by atoms with E-state index in [1.54, 1.807) is 0 Å². The van der Waals surface area contributed by atoms with Gasteiger partial charge in [0.25, 0.3) is 0 Å². The van der Waals surface area contributed by atoms with E-state index in [1.807, 2.05) is 0 Å². The number of hydrogen-bond acceptors (Lipinski definition) is 2. The summed E-state index contributed by atoms with van der Waals surface area (Å²) in [5, 5.41) is 3.48. The average molecular weight is 212 g/mol. The van der Waals surface area contributed by atoms with Crippen LogP contribution in [0.3, 0.4) is 0 Å². The first-order valence-corrected chi connectivity index (χ1v) is 6.75. The van der Waals surface area contributed by atoms with Crippen molar-refractivity contribution in [2.75, 3.05) is 26.7 Å². The van der Waals surface area contributed by atoms with Crippen LogP contribution in [-0.2, 0) is 0 Å². The molecule has 0 spiro atoms. The van der Waals surface area contributed by atoms with Gasteiger partial charge >= 0.3 is 0 Å². The molecule has 90 valence electrons. The van der Waals surface area contributed by atoms with Crippen LogP contribution in [0.15, 0.2) is 0 Å². The standard InChI is InChI=1S/C13H28N2/c1-3-4-5-6-12-15(2)13-8-7-10-14-11-9-13/h13-14H,3-12H2,1-2H3. The molecule has 0 saturated carbocycles. The van der Waals surface area contributed by atoms with Crippen LogP contribution in [0.25, 0.3) is 0 Å². The van der Waals surface area contributed by atoms with Crippen LogP contribution in [0.1, 0.15) is 51.9 Å². The molecule has 0 bridgehead atoms. The van der Waals surface area contributed by atoms with E-state index in [9.17, 15) is 0 Å². The van der Waals surface area contributed by atoms with Gasteiger partial charge in [0.2, 0.25) is 0 Å². The Kier molecular flexibility index (Phi) is 7.03. The van der Waals surface area contributed by atoms with E-state index in [4.69, 9.17) is 0 Å². The Balaban J connectivity index is 2.11. The summed E-state index contributed by atoms with van der Waals surface area (Å²) in [5.74, 6) is 0. The zero-order valence-electron chi connectivity index (χ0n) is 10.6. The van der Waals surface area contributed by atoms with Gasteiger partial charge in [-0.2, -0.15) is 0 Å². The van der Waals surface area contributed by atoms with Gasteiger partial charge in [-0.15, -0.1) is 0 Å². The smallest absolute Gasteiger partial charge is 0.0105 e. The van der Waals surface area contributed by atoms with Crippen molar-refractivity contribution in [3.05, 3.63) is 0 Å². The monoisotopic (exact) mass is 212 g/mol. The normalized spacial score (nSPS) is 23.0. The highest BCUT2D eigenvalue weighted by molar-refractivity contribution is 4.73. The summed E-state index contributed by atoms with van der Waals surface area (Å²) in [6, 6.07) is 0.835. The molecule has 1 aliphatic rings. The van der Waals surface area contributed by atoms with E-state index >= 15 is 0 Å². The van der Waals surface area contributed by atoms with Gasteiger partial charge in [-0.1, -0.05) is 26.2 Å². The van der Waals surface area contributed by atoms with Gasteiger partial charge in [-0.3, -0.25) is 0 Å². The van der Waals surface area contributed by atoms with E-state index in [1.165, 1.54) is 64.6 Å². The quantitative estimate of drug-likeness (QED) is 0.681. The molecule has 0 aromatic rings. The van der Waals surface area contributed by atoms with E-state index in [2.05, 4.69) is 24.2 Å². The average Bonchev–Trinajstić information content (AvgIpc) is 2.52. The lowest BCUT2D eigenvalue weighted by atomic mass is 10.1. The van der Waals surface area contributed by atoms with E-state index < -0.39 is 0 Å². The molecule has 0 aliphatic carbocycles. The van der Waals surface area contributed by atoms with Gasteiger partial charge in [-0.25, -0.2) is 0 Å². The van der Waals surface area contributed by atoms with Crippen molar-refractivity contribution in [3.8, 4) is 0 Å². The van der Waals surface area contributed by atoms with Crippen molar-refractivity contribution in [3.63, 3.8) is 0 Å². The molecule has 0 aromatic carbocycles. The third kappa shape index (κ3) is 5.53. The first-order chi connectivity index (χ1) is 7.34. The number of hydrogen-bond donors (Lipinski definition) is 1. The molecule has 1 fully saturated rings. The number of rotatable bonds is 6. The lowest BCUT2D eigenvalue weighted by Crippen LogP contribution is -2.33. The van der Waals surface area contributed by atoms with Gasteiger partial charge in [0.05, 0.1) is 0 Å². The molecule has 1 N–H and O–H groups in total. The van der Waals surface area contributed by atoms with E-state index in [0.29, 0.717) is 0 Å². The van der Waals surface area contributed by atoms with Gasteiger partial charge in [0.1, 0.15) is 0 Å². The minimum Gasteiger partial charge on any atom is -0.317 e. The summed E-state index contributed by atoms with van der Waals surface area (Å²) in [6.07, 6.45) is 9.61. The molecule has 15 heavy (non-hydrogen) atoms. The van der Waals surface area contributed by atoms with Crippen molar-refractivity contribution >= 4 is 0 Å². The fourth-order valence-corrected chi connectivity index (χ4v) is 2.41. The summed E-state index contributed by atoms with van der Waals surface area (Å²) < 4.78 is 0. The van der Waals surface area contributed by atoms with Crippen LogP contribution in [0.4, 0.5) is 0 Å². The van der Waals surface area contributed by atoms with Crippen LogP contribution >= 0.6 is 0 Å². The Morgan fingerprint density at radius 2 is 2.00 bits per heavy atom. The second-order valence-corrected chi connectivity index (χ2v) is 4.88. The molecule has 0 aromatic heterocycles. The molecule has 0 amide bonds. The molecule has 0 radical (unpaired) electrons. The molecule has 2 nitrogen and oxygen atoms in total. The molecular formula is C13H28N2. The SMILES string of the molecule is CCCCCCN(C)C1CCCNCC1. The summed E-state index contributed by atoms with van der Waals surface area (Å²) in [4.78, 5) is 2.59. The molecular weight excluding hydrogens is 184 g/mol. The molecule has 1 atom stereocenters. The largest absolute Gasteiger partial charge is 0.317 e. The number of nitrogens with zero attached hydrogens (tertiary/aromatic N) is 1. The van der Waals surface area contributed by atoms with Gasteiger partial charge in [-0.05, 0) is 52.4 Å². The Hall–Kier alpha value is -0.0800. The first kappa shape index (κ1) is 13.0. The van der Waals surface area contributed by atoms with Crippen LogP contribution in [-0.4, -0.2) is 37.6 Å². The van der Waals surface area contributed by atoms with Crippen molar-refractivity contribution in [2.24, 2.45) is 0 Å². The second kappa shape index (κ2) is 8.12. The molecule has 1 aliphatic heterocycles. The highest BCUT2D eigenvalue weighted by atomic mass is 15.1. The number of nitrogens with one attached hydrogen (secondary N) is 1. The Morgan fingerprint density at radius 1 is 1.13 bits per heavy atom. The molecule has 1 rings (SSSR count). The predicted octanol–water partition coefficient (Wildman–Crippen LogP) is 2.64. The van der Waals surface area contributed by atoms with Gasteiger partial charge in [0.15, 0.2) is 0 Å². The maximum atomic E-state index is 3.48. The van der Waals surface area contributed by atoms with E-state index in [-0.39, 0.29) is 0 Å². The van der Waals surface area contributed by atoms with Crippen LogP contribution in [0.5, 0.6) is 0 Å². The van der Waals surface area contributed by atoms with Crippen molar-refractivity contribution in [2.45, 2.75) is 57.9 Å². The predicted molar refractivity (Wildman–Crippen MR) is 67.3 cm³/mol. The van der Waals surface area contributed by atoms with Crippen molar-refractivity contribution in [1.82, 2.24) is 10.2 Å². The minimum atomic E-state index is 0.835. The van der Waals surface area contributed by atoms with Crippen molar-refractivity contribution < 1.29 is 0 Å². The van der Waals surface area contributed by atoms with Gasteiger partial charge in [0, 0.05) is 6.04 Å². The molecule has 1 saturated heterocycles. The highest BCUT2D eigenvalue weighted by Crippen LogP contribution is 2.12. The Morgan fingerprint density at radius 3 is 2.80 bits per heavy atom. The lowest BCUT2D eigenvalue weighted by molar-refractivity contribution is 0.220. The fourth-order valence-electron chi connectivity index (χ4n) is 2.41. The zero-order chi connectivity index (χ0) is 10.9. The lowest BCUT2D eigenvalue weighted by Gasteiger charge is -2.26. The highest BCUT2D eigenvalue weighted by Gasteiger charge is 2.15. The fraction of sp³-hybridized carbons (Fsp3) is 1.00. The second-order valence-electron chi connectivity index (χ2n) is 4.88. The third-order valence-corrected chi connectivity index (χ3v) is 3.53. The summed E-state index contributed by atoms with van der Waals surface area (Å²) >= 11 is 0. The molecule has 1 heterocycles. The molecule has 1 unspecified atom stereocenters. The Labute approximate surface area is 95.4 Å². The zero-order valence-corrected chi connectivity index (χ0v) is 10.6. The van der Waals surface area contributed by atoms with Crippen molar-refractivity contribution in [1.29, 1.82) is 0 Å².